The van der Waals surface area contributed by atoms with Crippen molar-refractivity contribution in [3.05, 3.63) is 6.33 Å². The predicted octanol–water partition coefficient (Wildman–Crippen LogP) is 0.533. The zero-order valence-electron chi connectivity index (χ0n) is 6.50. The van der Waals surface area contributed by atoms with E-state index < -0.39 is 0 Å². The minimum atomic E-state index is 0.0839. The fourth-order valence-corrected chi connectivity index (χ4v) is 1.28. The van der Waals surface area contributed by atoms with E-state index in [9.17, 15) is 0 Å². The van der Waals surface area contributed by atoms with E-state index >= 15 is 0 Å². The van der Waals surface area contributed by atoms with Crippen molar-refractivity contribution in [1.82, 2.24) is 14.8 Å². The lowest BCUT2D eigenvalue weighted by atomic mass is 10.1. The molecule has 1 unspecified atom stereocenters. The van der Waals surface area contributed by atoms with Crippen molar-refractivity contribution in [3.8, 4) is 0 Å². The molecule has 0 N–H and O–H groups in total. The van der Waals surface area contributed by atoms with E-state index in [1.165, 1.54) is 0 Å². The highest BCUT2D eigenvalue weighted by molar-refractivity contribution is 7.26. The molecule has 3 nitrogen and oxygen atoms in total. The zero-order chi connectivity index (χ0) is 7.78. The molecule has 4 heteroatoms. The molecule has 0 spiro atoms. The summed E-state index contributed by atoms with van der Waals surface area (Å²) in [6.07, 6.45) is 1.74. The first-order chi connectivity index (χ1) is 4.52. The molecular weight excluding hydrogens is 145 g/mol. The van der Waals surface area contributed by atoms with Gasteiger partial charge in [0.15, 0.2) is 0 Å². The van der Waals surface area contributed by atoms with Gasteiger partial charge in [-0.25, -0.2) is 0 Å². The first kappa shape index (κ1) is 7.67. The van der Waals surface area contributed by atoms with E-state index in [2.05, 4.69) is 40.2 Å². The summed E-state index contributed by atoms with van der Waals surface area (Å²) >= 11 is 0. The van der Waals surface area contributed by atoms with Crippen LogP contribution in [0.4, 0.5) is 0 Å². The van der Waals surface area contributed by atoms with Crippen LogP contribution in [0, 0.1) is 0 Å². The van der Waals surface area contributed by atoms with Crippen molar-refractivity contribution in [2.45, 2.75) is 26.3 Å². The number of nitrogens with zero attached hydrogens (tertiary/aromatic N) is 3. The molecule has 0 fully saturated rings. The van der Waals surface area contributed by atoms with Crippen LogP contribution in [0.2, 0.25) is 0 Å². The van der Waals surface area contributed by atoms with Crippen LogP contribution in [0.25, 0.3) is 0 Å². The molecule has 0 saturated carbocycles. The van der Waals surface area contributed by atoms with Crippen LogP contribution in [0.3, 0.4) is 0 Å². The fraction of sp³-hybridized carbons (Fsp3) is 0.667. The highest BCUT2D eigenvalue weighted by atomic mass is 31.0. The van der Waals surface area contributed by atoms with Gasteiger partial charge >= 0.3 is 0 Å². The lowest BCUT2D eigenvalue weighted by Crippen LogP contribution is -2.28. The molecule has 0 amide bonds. The molecule has 0 bridgehead atoms. The lowest BCUT2D eigenvalue weighted by Gasteiger charge is -2.20. The third-order valence-corrected chi connectivity index (χ3v) is 1.69. The van der Waals surface area contributed by atoms with Crippen molar-refractivity contribution in [2.75, 3.05) is 0 Å². The smallest absolute Gasteiger partial charge is 0.149 e. The Balaban J connectivity index is 3.05. The minimum absolute atomic E-state index is 0.0839. The van der Waals surface area contributed by atoms with Crippen LogP contribution < -0.4 is 5.57 Å². The molecule has 1 atom stereocenters. The summed E-state index contributed by atoms with van der Waals surface area (Å²) in [5.41, 5.74) is 0.966. The van der Waals surface area contributed by atoms with Crippen LogP contribution in [-0.4, -0.2) is 14.8 Å². The highest BCUT2D eigenvalue weighted by Gasteiger charge is 2.14. The maximum absolute atomic E-state index is 3.86. The Morgan fingerprint density at radius 1 is 1.50 bits per heavy atom. The Morgan fingerprint density at radius 2 is 2.10 bits per heavy atom. The van der Waals surface area contributed by atoms with Crippen molar-refractivity contribution in [2.24, 2.45) is 0 Å². The van der Waals surface area contributed by atoms with Gasteiger partial charge in [-0.3, -0.25) is 0 Å². The quantitative estimate of drug-likeness (QED) is 0.514. The SMILES string of the molecule is CC(C)(C)n1cnnc1P. The fourth-order valence-electron chi connectivity index (χ4n) is 0.761. The molecule has 1 aromatic rings. The van der Waals surface area contributed by atoms with Gasteiger partial charge in [-0.15, -0.1) is 10.2 Å². The minimum Gasteiger partial charge on any atom is -0.309 e. The summed E-state index contributed by atoms with van der Waals surface area (Å²) in [4.78, 5) is 0. The van der Waals surface area contributed by atoms with Crippen molar-refractivity contribution < 1.29 is 0 Å². The summed E-state index contributed by atoms with van der Waals surface area (Å²) in [7, 11) is 2.55. The first-order valence-corrected chi connectivity index (χ1v) is 3.75. The molecule has 1 heterocycles. The Morgan fingerprint density at radius 3 is 2.30 bits per heavy atom. The van der Waals surface area contributed by atoms with E-state index in [-0.39, 0.29) is 5.54 Å². The van der Waals surface area contributed by atoms with Gasteiger partial charge in [0, 0.05) is 5.54 Å². The Labute approximate surface area is 63.0 Å². The Kier molecular flexibility index (Phi) is 1.78. The standard InChI is InChI=1S/C6H12N3P/c1-6(2,3)9-4-7-8-5(9)10/h4H,10H2,1-3H3. The average Bonchev–Trinajstić information content (AvgIpc) is 2.11. The molecular formula is C6H12N3P. The van der Waals surface area contributed by atoms with Gasteiger partial charge in [0.2, 0.25) is 0 Å². The van der Waals surface area contributed by atoms with E-state index in [0.29, 0.717) is 0 Å². The Bertz CT molecular complexity index is 223. The maximum Gasteiger partial charge on any atom is 0.149 e. The van der Waals surface area contributed by atoms with Gasteiger partial charge in [0.25, 0.3) is 0 Å². The lowest BCUT2D eigenvalue weighted by molar-refractivity contribution is 0.405. The second kappa shape index (κ2) is 2.31. The van der Waals surface area contributed by atoms with Crippen LogP contribution in [0.15, 0.2) is 6.33 Å². The molecule has 0 aliphatic carbocycles. The average molecular weight is 157 g/mol. The van der Waals surface area contributed by atoms with Crippen molar-refractivity contribution in [3.63, 3.8) is 0 Å². The molecule has 1 aromatic heterocycles. The van der Waals surface area contributed by atoms with Crippen LogP contribution in [0.5, 0.6) is 0 Å². The third kappa shape index (κ3) is 1.35. The summed E-state index contributed by atoms with van der Waals surface area (Å²) in [6.45, 7) is 6.34. The first-order valence-electron chi connectivity index (χ1n) is 3.18. The summed E-state index contributed by atoms with van der Waals surface area (Å²) in [5, 5.41) is 7.64. The predicted molar refractivity (Wildman–Crippen MR) is 44.4 cm³/mol. The van der Waals surface area contributed by atoms with E-state index in [1.54, 1.807) is 6.33 Å². The largest absolute Gasteiger partial charge is 0.309 e. The molecule has 56 valence electrons. The summed E-state index contributed by atoms with van der Waals surface area (Å²) in [6, 6.07) is 0. The maximum atomic E-state index is 3.86. The van der Waals surface area contributed by atoms with E-state index in [4.69, 9.17) is 0 Å². The monoisotopic (exact) mass is 157 g/mol. The van der Waals surface area contributed by atoms with Crippen LogP contribution >= 0.6 is 9.24 Å². The van der Waals surface area contributed by atoms with E-state index in [1.807, 2.05) is 4.57 Å². The molecule has 0 saturated heterocycles. The molecule has 0 radical (unpaired) electrons. The van der Waals surface area contributed by atoms with E-state index in [0.717, 1.165) is 5.57 Å². The summed E-state index contributed by atoms with van der Waals surface area (Å²) in [5.74, 6) is 0. The molecule has 10 heavy (non-hydrogen) atoms. The van der Waals surface area contributed by atoms with Gasteiger partial charge < -0.3 is 4.57 Å². The van der Waals surface area contributed by atoms with Gasteiger partial charge in [-0.1, -0.05) is 9.24 Å². The van der Waals surface area contributed by atoms with Gasteiger partial charge in [0.1, 0.15) is 11.9 Å². The van der Waals surface area contributed by atoms with Gasteiger partial charge in [-0.05, 0) is 20.8 Å². The number of hydrogen-bond acceptors (Lipinski definition) is 2. The van der Waals surface area contributed by atoms with Crippen molar-refractivity contribution >= 4 is 14.8 Å². The number of aromatic nitrogens is 3. The van der Waals surface area contributed by atoms with Crippen LogP contribution in [0.1, 0.15) is 20.8 Å². The van der Waals surface area contributed by atoms with Gasteiger partial charge in [-0.2, -0.15) is 0 Å². The zero-order valence-corrected chi connectivity index (χ0v) is 7.65. The second-order valence-electron chi connectivity index (χ2n) is 3.23. The highest BCUT2D eigenvalue weighted by Crippen LogP contribution is 2.10. The van der Waals surface area contributed by atoms with Crippen molar-refractivity contribution in [1.29, 1.82) is 0 Å². The van der Waals surface area contributed by atoms with Gasteiger partial charge in [0.05, 0.1) is 0 Å². The normalized spacial score (nSPS) is 12.0. The summed E-state index contributed by atoms with van der Waals surface area (Å²) < 4.78 is 2.01. The molecule has 0 aliphatic heterocycles. The third-order valence-electron chi connectivity index (χ3n) is 1.30. The number of rotatable bonds is 0. The molecule has 0 aromatic carbocycles. The van der Waals surface area contributed by atoms with Crippen LogP contribution in [-0.2, 0) is 5.54 Å². The topological polar surface area (TPSA) is 30.7 Å². The second-order valence-corrected chi connectivity index (χ2v) is 3.75. The number of hydrogen-bond donors (Lipinski definition) is 0. The Hall–Kier alpha value is -0.430. The molecule has 0 aliphatic rings. The molecule has 1 rings (SSSR count).